The summed E-state index contributed by atoms with van der Waals surface area (Å²) < 4.78 is 5.53. The number of methoxy groups -OCH3 is 1. The number of ether oxygens (including phenoxy) is 1. The molecule has 0 atom stereocenters. The molecule has 1 amide bonds. The fraction of sp³-hybridized carbons (Fsp3) is 0.579. The van der Waals surface area contributed by atoms with Crippen molar-refractivity contribution < 1.29 is 19.4 Å². The first-order chi connectivity index (χ1) is 12.6. The van der Waals surface area contributed by atoms with E-state index in [4.69, 9.17) is 9.84 Å². The molecular formula is C19H27NO4S2. The number of carbonyl (C=O) groups excluding carboxylic acids is 1. The van der Waals surface area contributed by atoms with E-state index in [9.17, 15) is 9.59 Å². The van der Waals surface area contributed by atoms with Crippen LogP contribution in [0.2, 0.25) is 0 Å². The van der Waals surface area contributed by atoms with Crippen molar-refractivity contribution in [1.29, 1.82) is 0 Å². The number of hydrogen-bond acceptors (Lipinski definition) is 5. The van der Waals surface area contributed by atoms with Gasteiger partial charge in [-0.25, -0.2) is 0 Å². The predicted octanol–water partition coefficient (Wildman–Crippen LogP) is 3.87. The fourth-order valence-electron chi connectivity index (χ4n) is 3.44. The number of rotatable bonds is 10. The van der Waals surface area contributed by atoms with E-state index in [0.29, 0.717) is 12.3 Å². The highest BCUT2D eigenvalue weighted by Crippen LogP contribution is 2.43. The van der Waals surface area contributed by atoms with Crippen LogP contribution in [0.5, 0.6) is 5.75 Å². The van der Waals surface area contributed by atoms with Gasteiger partial charge < -0.3 is 15.2 Å². The van der Waals surface area contributed by atoms with E-state index < -0.39 is 11.4 Å². The van der Waals surface area contributed by atoms with Crippen molar-refractivity contribution >= 4 is 33.5 Å². The molecule has 1 aliphatic rings. The number of carboxylic acid groups (broad SMARTS) is 1. The topological polar surface area (TPSA) is 75.6 Å². The minimum absolute atomic E-state index is 0.0813. The Morgan fingerprint density at radius 2 is 1.85 bits per heavy atom. The number of nitrogens with one attached hydrogen (secondary N) is 1. The van der Waals surface area contributed by atoms with Crippen molar-refractivity contribution in [2.75, 3.05) is 25.2 Å². The Labute approximate surface area is 163 Å². The molecule has 1 aliphatic carbocycles. The van der Waals surface area contributed by atoms with Crippen LogP contribution < -0.4 is 10.1 Å². The van der Waals surface area contributed by atoms with Crippen molar-refractivity contribution in [3.63, 3.8) is 0 Å². The van der Waals surface area contributed by atoms with Gasteiger partial charge in [0.15, 0.2) is 0 Å². The summed E-state index contributed by atoms with van der Waals surface area (Å²) in [5, 5.41) is 11.7. The normalized spacial score (nSPS) is 16.0. The number of hydrogen-bond donors (Lipinski definition) is 2. The minimum Gasteiger partial charge on any atom is -0.496 e. The highest BCUT2D eigenvalue weighted by molar-refractivity contribution is 8.76. The third-order valence-corrected chi connectivity index (χ3v) is 7.13. The Morgan fingerprint density at radius 3 is 2.54 bits per heavy atom. The van der Waals surface area contributed by atoms with E-state index in [1.807, 2.05) is 24.3 Å². The zero-order valence-corrected chi connectivity index (χ0v) is 16.8. The van der Waals surface area contributed by atoms with Gasteiger partial charge in [-0.1, -0.05) is 59.0 Å². The minimum atomic E-state index is -0.776. The van der Waals surface area contributed by atoms with Gasteiger partial charge in [-0.05, 0) is 18.9 Å². The first kappa shape index (κ1) is 21.0. The maximum Gasteiger partial charge on any atom is 0.304 e. The quantitative estimate of drug-likeness (QED) is 0.461. The Kier molecular flexibility index (Phi) is 8.65. The molecule has 0 bridgehead atoms. The Bertz CT molecular complexity index is 603. The molecular weight excluding hydrogens is 370 g/mol. The van der Waals surface area contributed by atoms with Crippen LogP contribution in [-0.4, -0.2) is 42.1 Å². The lowest BCUT2D eigenvalue weighted by atomic mass is 9.68. The maximum atomic E-state index is 13.1. The highest BCUT2D eigenvalue weighted by atomic mass is 33.1. The molecule has 5 nitrogen and oxygen atoms in total. The SMILES string of the molecule is COc1ccccc1C1(C(=O)NCCSSCCC(=O)O)CCCCC1. The number of amides is 1. The summed E-state index contributed by atoms with van der Waals surface area (Å²) in [6.45, 7) is 0.584. The molecule has 0 aromatic heterocycles. The molecule has 2 rings (SSSR count). The molecule has 0 unspecified atom stereocenters. The molecule has 26 heavy (non-hydrogen) atoms. The largest absolute Gasteiger partial charge is 0.496 e. The van der Waals surface area contributed by atoms with Gasteiger partial charge in [-0.3, -0.25) is 9.59 Å². The van der Waals surface area contributed by atoms with E-state index in [0.717, 1.165) is 42.7 Å². The highest BCUT2D eigenvalue weighted by Gasteiger charge is 2.42. The van der Waals surface area contributed by atoms with Gasteiger partial charge in [0.05, 0.1) is 18.9 Å². The van der Waals surface area contributed by atoms with Crippen LogP contribution in [0.1, 0.15) is 44.1 Å². The Morgan fingerprint density at radius 1 is 1.15 bits per heavy atom. The van der Waals surface area contributed by atoms with Gasteiger partial charge in [-0.15, -0.1) is 0 Å². The summed E-state index contributed by atoms with van der Waals surface area (Å²) in [6.07, 6.45) is 5.12. The smallest absolute Gasteiger partial charge is 0.304 e. The molecule has 0 heterocycles. The van der Waals surface area contributed by atoms with E-state index >= 15 is 0 Å². The van der Waals surface area contributed by atoms with E-state index in [-0.39, 0.29) is 12.3 Å². The summed E-state index contributed by atoms with van der Waals surface area (Å²) in [5.74, 6) is 1.43. The first-order valence-corrected chi connectivity index (χ1v) is 11.5. The molecule has 2 N–H and O–H groups in total. The van der Waals surface area contributed by atoms with Crippen molar-refractivity contribution in [3.8, 4) is 5.75 Å². The summed E-state index contributed by atoms with van der Waals surface area (Å²) in [6, 6.07) is 7.84. The van der Waals surface area contributed by atoms with Crippen LogP contribution in [0, 0.1) is 0 Å². The lowest BCUT2D eigenvalue weighted by Gasteiger charge is -2.37. The second-order valence-electron chi connectivity index (χ2n) is 6.39. The van der Waals surface area contributed by atoms with Crippen LogP contribution in [0.25, 0.3) is 0 Å². The summed E-state index contributed by atoms with van der Waals surface area (Å²) in [7, 11) is 4.79. The number of aliphatic carboxylic acids is 1. The Balaban J connectivity index is 1.94. The fourth-order valence-corrected chi connectivity index (χ4v) is 5.32. The van der Waals surface area contributed by atoms with Crippen LogP contribution in [0.4, 0.5) is 0 Å². The second kappa shape index (κ2) is 10.7. The van der Waals surface area contributed by atoms with Crippen LogP contribution >= 0.6 is 21.6 Å². The van der Waals surface area contributed by atoms with Crippen molar-refractivity contribution in [2.24, 2.45) is 0 Å². The molecule has 1 fully saturated rings. The zero-order chi connectivity index (χ0) is 18.8. The summed E-state index contributed by atoms with van der Waals surface area (Å²) >= 11 is 0. The number of benzene rings is 1. The molecule has 1 aromatic rings. The predicted molar refractivity (Wildman–Crippen MR) is 108 cm³/mol. The molecule has 1 aromatic carbocycles. The third kappa shape index (κ3) is 5.58. The van der Waals surface area contributed by atoms with E-state index in [2.05, 4.69) is 5.32 Å². The molecule has 0 aliphatic heterocycles. The molecule has 0 saturated heterocycles. The summed E-state index contributed by atoms with van der Waals surface area (Å²) in [5.41, 5.74) is 0.481. The van der Waals surface area contributed by atoms with Gasteiger partial charge in [-0.2, -0.15) is 0 Å². The van der Waals surface area contributed by atoms with Gasteiger partial charge in [0.2, 0.25) is 5.91 Å². The van der Waals surface area contributed by atoms with Crippen molar-refractivity contribution in [2.45, 2.75) is 43.9 Å². The van der Waals surface area contributed by atoms with Crippen LogP contribution in [0.15, 0.2) is 24.3 Å². The molecule has 0 spiro atoms. The van der Waals surface area contributed by atoms with Gasteiger partial charge in [0.25, 0.3) is 0 Å². The first-order valence-electron chi connectivity index (χ1n) is 8.98. The Hall–Kier alpha value is -1.34. The number of para-hydroxylation sites is 1. The average molecular weight is 398 g/mol. The van der Waals surface area contributed by atoms with Crippen molar-refractivity contribution in [3.05, 3.63) is 29.8 Å². The number of carboxylic acids is 1. The lowest BCUT2D eigenvalue weighted by Crippen LogP contribution is -2.46. The monoisotopic (exact) mass is 397 g/mol. The lowest BCUT2D eigenvalue weighted by molar-refractivity contribution is -0.136. The van der Waals surface area contributed by atoms with Crippen molar-refractivity contribution in [1.82, 2.24) is 5.32 Å². The van der Waals surface area contributed by atoms with Gasteiger partial charge in [0, 0.05) is 23.6 Å². The summed E-state index contributed by atoms with van der Waals surface area (Å²) in [4.78, 5) is 23.6. The number of carbonyl (C=O) groups is 2. The van der Waals surface area contributed by atoms with Crippen LogP contribution in [-0.2, 0) is 15.0 Å². The molecule has 7 heteroatoms. The van der Waals surface area contributed by atoms with Crippen LogP contribution in [0.3, 0.4) is 0 Å². The second-order valence-corrected chi connectivity index (χ2v) is 9.09. The maximum absolute atomic E-state index is 13.1. The van der Waals surface area contributed by atoms with Gasteiger partial charge >= 0.3 is 5.97 Å². The molecule has 0 radical (unpaired) electrons. The van der Waals surface area contributed by atoms with E-state index in [1.54, 1.807) is 17.9 Å². The average Bonchev–Trinajstić information content (AvgIpc) is 2.67. The molecule has 1 saturated carbocycles. The standard InChI is InChI=1S/C19H27NO4S2/c1-24-16-8-4-3-7-15(16)19(10-5-2-6-11-19)18(23)20-12-14-26-25-13-9-17(21)22/h3-4,7-8H,2,5-6,9-14H2,1H3,(H,20,23)(H,21,22). The van der Waals surface area contributed by atoms with E-state index in [1.165, 1.54) is 17.2 Å². The third-order valence-electron chi connectivity index (χ3n) is 4.72. The zero-order valence-electron chi connectivity index (χ0n) is 15.2. The van der Waals surface area contributed by atoms with Gasteiger partial charge in [0.1, 0.15) is 5.75 Å². The molecule has 144 valence electrons.